The Morgan fingerprint density at radius 2 is 2.21 bits per heavy atom. The van der Waals surface area contributed by atoms with Crippen molar-refractivity contribution >= 4 is 5.91 Å². The van der Waals surface area contributed by atoms with E-state index >= 15 is 0 Å². The van der Waals surface area contributed by atoms with Gasteiger partial charge in [0.2, 0.25) is 0 Å². The number of phenolic OH excluding ortho intramolecular Hbond substituents is 1. The summed E-state index contributed by atoms with van der Waals surface area (Å²) in [6, 6.07) is 3.92. The number of carbonyl (C=O) groups is 1. The molecule has 0 aliphatic carbocycles. The summed E-state index contributed by atoms with van der Waals surface area (Å²) in [5, 5.41) is 9.17. The van der Waals surface area contributed by atoms with E-state index in [0.717, 1.165) is 19.2 Å². The van der Waals surface area contributed by atoms with Crippen LogP contribution in [0.1, 0.15) is 24.2 Å². The number of piperazine rings is 1. The van der Waals surface area contributed by atoms with Crippen LogP contribution in [0.25, 0.3) is 0 Å². The van der Waals surface area contributed by atoms with Crippen molar-refractivity contribution in [3.63, 3.8) is 0 Å². The number of carbonyl (C=O) groups excluding carboxylic acids is 1. The molecule has 1 fully saturated rings. The fourth-order valence-corrected chi connectivity index (χ4v) is 2.50. The molecule has 5 heteroatoms. The highest BCUT2D eigenvalue weighted by Gasteiger charge is 2.27. The van der Waals surface area contributed by atoms with E-state index in [1.54, 1.807) is 4.90 Å². The molecule has 19 heavy (non-hydrogen) atoms. The first-order valence-electron chi connectivity index (χ1n) is 6.54. The lowest BCUT2D eigenvalue weighted by atomic mass is 10.1. The Kier molecular flexibility index (Phi) is 4.04. The number of likely N-dealkylation sites (N-methyl/N-ethyl adjacent to an activating group) is 1. The molecule has 1 atom stereocenters. The van der Waals surface area contributed by atoms with Gasteiger partial charge < -0.3 is 10.0 Å². The van der Waals surface area contributed by atoms with Gasteiger partial charge in [-0.25, -0.2) is 4.39 Å². The topological polar surface area (TPSA) is 43.8 Å². The van der Waals surface area contributed by atoms with Crippen LogP contribution in [-0.4, -0.2) is 53.0 Å². The van der Waals surface area contributed by atoms with Crippen molar-refractivity contribution in [1.29, 1.82) is 0 Å². The molecule has 1 aromatic carbocycles. The maximum atomic E-state index is 13.7. The zero-order valence-electron chi connectivity index (χ0n) is 11.3. The van der Waals surface area contributed by atoms with Crippen molar-refractivity contribution in [2.45, 2.75) is 19.9 Å². The third-order valence-corrected chi connectivity index (χ3v) is 3.64. The van der Waals surface area contributed by atoms with E-state index in [2.05, 4.69) is 18.7 Å². The molecule has 0 aromatic heterocycles. The summed E-state index contributed by atoms with van der Waals surface area (Å²) in [6.45, 7) is 7.13. The first-order chi connectivity index (χ1) is 9.02. The van der Waals surface area contributed by atoms with Gasteiger partial charge in [-0.1, -0.05) is 6.92 Å². The predicted molar refractivity (Wildman–Crippen MR) is 70.7 cm³/mol. The summed E-state index contributed by atoms with van der Waals surface area (Å²) < 4.78 is 13.7. The first kappa shape index (κ1) is 13.8. The van der Waals surface area contributed by atoms with Crippen LogP contribution in [-0.2, 0) is 0 Å². The van der Waals surface area contributed by atoms with E-state index in [1.807, 2.05) is 0 Å². The zero-order valence-corrected chi connectivity index (χ0v) is 11.3. The molecule has 1 aliphatic heterocycles. The summed E-state index contributed by atoms with van der Waals surface area (Å²) in [4.78, 5) is 16.2. The second-order valence-electron chi connectivity index (χ2n) is 4.89. The first-order valence-corrected chi connectivity index (χ1v) is 6.54. The van der Waals surface area contributed by atoms with Crippen LogP contribution in [0.3, 0.4) is 0 Å². The van der Waals surface area contributed by atoms with Gasteiger partial charge in [0.05, 0.1) is 5.56 Å². The third kappa shape index (κ3) is 2.87. The third-order valence-electron chi connectivity index (χ3n) is 3.64. The number of hydrogen-bond acceptors (Lipinski definition) is 3. The van der Waals surface area contributed by atoms with Gasteiger partial charge in [0.25, 0.3) is 5.91 Å². The molecule has 1 saturated heterocycles. The number of hydrogen-bond donors (Lipinski definition) is 1. The Morgan fingerprint density at radius 1 is 1.47 bits per heavy atom. The molecule has 1 aromatic rings. The Morgan fingerprint density at radius 3 is 2.79 bits per heavy atom. The summed E-state index contributed by atoms with van der Waals surface area (Å²) in [6.07, 6.45) is 0. The molecule has 1 N–H and O–H groups in total. The Labute approximate surface area is 112 Å². The standard InChI is InChI=1S/C14H19FN2O2/c1-3-16-6-7-17(9-10(16)2)14(19)12-5-4-11(18)8-13(12)15/h4-5,8,10,18H,3,6-7,9H2,1-2H3. The van der Waals surface area contributed by atoms with E-state index in [-0.39, 0.29) is 23.3 Å². The molecule has 4 nitrogen and oxygen atoms in total. The minimum absolute atomic E-state index is 0.0231. The van der Waals surface area contributed by atoms with E-state index in [4.69, 9.17) is 5.11 Å². The van der Waals surface area contributed by atoms with Gasteiger partial charge >= 0.3 is 0 Å². The summed E-state index contributed by atoms with van der Waals surface area (Å²) in [5.74, 6) is -1.14. The molecule has 2 rings (SSSR count). The van der Waals surface area contributed by atoms with E-state index in [0.29, 0.717) is 13.1 Å². The largest absolute Gasteiger partial charge is 0.508 e. The van der Waals surface area contributed by atoms with Gasteiger partial charge in [0, 0.05) is 31.7 Å². The number of phenols is 1. The molecule has 0 bridgehead atoms. The molecule has 1 aliphatic rings. The van der Waals surface area contributed by atoms with Crippen molar-refractivity contribution < 1.29 is 14.3 Å². The average Bonchev–Trinajstić information content (AvgIpc) is 2.38. The van der Waals surface area contributed by atoms with Gasteiger partial charge in [-0.2, -0.15) is 0 Å². The number of nitrogens with zero attached hydrogens (tertiary/aromatic N) is 2. The fourth-order valence-electron chi connectivity index (χ4n) is 2.50. The van der Waals surface area contributed by atoms with Crippen LogP contribution in [0.2, 0.25) is 0 Å². The van der Waals surface area contributed by atoms with Crippen LogP contribution in [0.15, 0.2) is 18.2 Å². The van der Waals surface area contributed by atoms with E-state index < -0.39 is 5.82 Å². The quantitative estimate of drug-likeness (QED) is 0.886. The fraction of sp³-hybridized carbons (Fsp3) is 0.500. The predicted octanol–water partition coefficient (Wildman–Crippen LogP) is 1.70. The van der Waals surface area contributed by atoms with E-state index in [9.17, 15) is 9.18 Å². The van der Waals surface area contributed by atoms with Crippen molar-refractivity contribution in [3.8, 4) is 5.75 Å². The van der Waals surface area contributed by atoms with Crippen molar-refractivity contribution in [2.24, 2.45) is 0 Å². The number of benzene rings is 1. The van der Waals surface area contributed by atoms with Crippen LogP contribution < -0.4 is 0 Å². The molecule has 0 saturated carbocycles. The highest BCUT2D eigenvalue weighted by atomic mass is 19.1. The lowest BCUT2D eigenvalue weighted by molar-refractivity contribution is 0.0524. The monoisotopic (exact) mass is 266 g/mol. The lowest BCUT2D eigenvalue weighted by Gasteiger charge is -2.39. The van der Waals surface area contributed by atoms with Crippen molar-refractivity contribution in [2.75, 3.05) is 26.2 Å². The maximum Gasteiger partial charge on any atom is 0.256 e. The molecular weight excluding hydrogens is 247 g/mol. The molecule has 0 spiro atoms. The molecular formula is C14H19FN2O2. The van der Waals surface area contributed by atoms with E-state index in [1.165, 1.54) is 12.1 Å². The lowest BCUT2D eigenvalue weighted by Crippen LogP contribution is -2.53. The highest BCUT2D eigenvalue weighted by Crippen LogP contribution is 2.18. The SMILES string of the molecule is CCN1CCN(C(=O)c2ccc(O)cc2F)CC1C. The summed E-state index contributed by atoms with van der Waals surface area (Å²) >= 11 is 0. The van der Waals surface area contributed by atoms with Crippen LogP contribution in [0.5, 0.6) is 5.75 Å². The molecule has 1 amide bonds. The normalized spacial score (nSPS) is 20.6. The second-order valence-corrected chi connectivity index (χ2v) is 4.89. The summed E-state index contributed by atoms with van der Waals surface area (Å²) in [5.41, 5.74) is 0.0231. The van der Waals surface area contributed by atoms with Crippen molar-refractivity contribution in [3.05, 3.63) is 29.6 Å². The molecule has 104 valence electrons. The highest BCUT2D eigenvalue weighted by molar-refractivity contribution is 5.94. The second kappa shape index (κ2) is 5.57. The van der Waals surface area contributed by atoms with Crippen LogP contribution >= 0.6 is 0 Å². The van der Waals surface area contributed by atoms with Gasteiger partial charge in [-0.15, -0.1) is 0 Å². The number of halogens is 1. The Hall–Kier alpha value is -1.62. The minimum atomic E-state index is -0.671. The smallest absolute Gasteiger partial charge is 0.256 e. The minimum Gasteiger partial charge on any atom is -0.508 e. The van der Waals surface area contributed by atoms with Crippen LogP contribution in [0, 0.1) is 5.82 Å². The maximum absolute atomic E-state index is 13.7. The Balaban J connectivity index is 2.12. The van der Waals surface area contributed by atoms with Gasteiger partial charge in [0.15, 0.2) is 0 Å². The molecule has 0 radical (unpaired) electrons. The number of amides is 1. The van der Waals surface area contributed by atoms with Crippen molar-refractivity contribution in [1.82, 2.24) is 9.80 Å². The molecule has 1 heterocycles. The van der Waals surface area contributed by atoms with Gasteiger partial charge in [-0.3, -0.25) is 9.69 Å². The zero-order chi connectivity index (χ0) is 14.0. The Bertz CT molecular complexity index is 479. The molecule has 1 unspecified atom stereocenters. The van der Waals surface area contributed by atoms with Gasteiger partial charge in [0.1, 0.15) is 11.6 Å². The van der Waals surface area contributed by atoms with Gasteiger partial charge in [-0.05, 0) is 25.6 Å². The van der Waals surface area contributed by atoms with Crippen LogP contribution in [0.4, 0.5) is 4.39 Å². The number of aromatic hydroxyl groups is 1. The summed E-state index contributed by atoms with van der Waals surface area (Å²) in [7, 11) is 0. The average molecular weight is 266 g/mol. The number of rotatable bonds is 2.